The fourth-order valence-corrected chi connectivity index (χ4v) is 3.05. The van der Waals surface area contributed by atoms with Crippen LogP contribution in [-0.4, -0.2) is 60.1 Å². The molecule has 0 spiro atoms. The molecule has 1 aromatic carbocycles. The molecule has 4 heteroatoms. The van der Waals surface area contributed by atoms with Gasteiger partial charge in [0.15, 0.2) is 0 Å². The Morgan fingerprint density at radius 1 is 1.24 bits per heavy atom. The number of carboxylic acid groups (broad SMARTS) is 1. The maximum atomic E-state index is 11.2. The smallest absolute Gasteiger partial charge is 0.304 e. The molecular formula is C17H26N2O2. The van der Waals surface area contributed by atoms with Gasteiger partial charge in [-0.1, -0.05) is 23.8 Å². The number of carboxylic acids is 1. The molecule has 116 valence electrons. The van der Waals surface area contributed by atoms with Crippen LogP contribution in [0.25, 0.3) is 0 Å². The van der Waals surface area contributed by atoms with E-state index in [1.54, 1.807) is 0 Å². The van der Waals surface area contributed by atoms with Crippen LogP contribution in [0.3, 0.4) is 0 Å². The molecule has 0 aromatic heterocycles. The predicted molar refractivity (Wildman–Crippen MR) is 84.7 cm³/mol. The van der Waals surface area contributed by atoms with Gasteiger partial charge in [0.25, 0.3) is 0 Å². The summed E-state index contributed by atoms with van der Waals surface area (Å²) in [4.78, 5) is 15.8. The number of piperazine rings is 1. The van der Waals surface area contributed by atoms with Gasteiger partial charge in [0.05, 0.1) is 6.42 Å². The van der Waals surface area contributed by atoms with Gasteiger partial charge in [-0.05, 0) is 38.4 Å². The molecule has 0 radical (unpaired) electrons. The molecule has 2 rings (SSSR count). The molecule has 1 fully saturated rings. The minimum Gasteiger partial charge on any atom is -0.481 e. The second kappa shape index (κ2) is 7.05. The van der Waals surface area contributed by atoms with Crippen molar-refractivity contribution in [1.82, 2.24) is 9.80 Å². The molecule has 1 saturated heterocycles. The molecule has 1 aliphatic heterocycles. The molecule has 0 bridgehead atoms. The lowest BCUT2D eigenvalue weighted by molar-refractivity contribution is -0.138. The van der Waals surface area contributed by atoms with E-state index in [0.29, 0.717) is 0 Å². The third kappa shape index (κ3) is 4.55. The lowest BCUT2D eigenvalue weighted by Crippen LogP contribution is -2.50. The topological polar surface area (TPSA) is 43.8 Å². The van der Waals surface area contributed by atoms with Gasteiger partial charge in [0.1, 0.15) is 0 Å². The van der Waals surface area contributed by atoms with E-state index in [2.05, 4.69) is 48.9 Å². The number of hydrogen-bond donors (Lipinski definition) is 1. The van der Waals surface area contributed by atoms with Gasteiger partial charge in [0.2, 0.25) is 0 Å². The van der Waals surface area contributed by atoms with Crippen LogP contribution in [0.4, 0.5) is 0 Å². The van der Waals surface area contributed by atoms with Crippen molar-refractivity contribution in [1.29, 1.82) is 0 Å². The Morgan fingerprint density at radius 3 is 2.48 bits per heavy atom. The van der Waals surface area contributed by atoms with Crippen LogP contribution in [-0.2, 0) is 11.2 Å². The zero-order valence-corrected chi connectivity index (χ0v) is 13.3. The largest absolute Gasteiger partial charge is 0.481 e. The Balaban J connectivity index is 2.10. The molecule has 1 aliphatic rings. The molecule has 0 saturated carbocycles. The van der Waals surface area contributed by atoms with Crippen LogP contribution in [0.1, 0.15) is 23.1 Å². The SMILES string of the molecule is Cc1ccc(CC(CC(=O)O)N2CCN(C)CC2)c(C)c1. The normalized spacial score (nSPS) is 18.6. The molecular weight excluding hydrogens is 264 g/mol. The summed E-state index contributed by atoms with van der Waals surface area (Å²) in [5.74, 6) is -0.705. The number of aliphatic carboxylic acids is 1. The molecule has 1 aromatic rings. The van der Waals surface area contributed by atoms with Crippen molar-refractivity contribution in [3.63, 3.8) is 0 Å². The lowest BCUT2D eigenvalue weighted by atomic mass is 9.96. The second-order valence-corrected chi connectivity index (χ2v) is 6.22. The van der Waals surface area contributed by atoms with Crippen LogP contribution in [0.2, 0.25) is 0 Å². The van der Waals surface area contributed by atoms with Crippen molar-refractivity contribution in [2.45, 2.75) is 32.7 Å². The summed E-state index contributed by atoms with van der Waals surface area (Å²) in [6, 6.07) is 6.54. The Labute approximate surface area is 127 Å². The van der Waals surface area contributed by atoms with Crippen molar-refractivity contribution in [2.24, 2.45) is 0 Å². The van der Waals surface area contributed by atoms with Crippen LogP contribution >= 0.6 is 0 Å². The van der Waals surface area contributed by atoms with E-state index in [4.69, 9.17) is 0 Å². The third-order valence-corrected chi connectivity index (χ3v) is 4.42. The fourth-order valence-electron chi connectivity index (χ4n) is 3.05. The Morgan fingerprint density at radius 2 is 1.90 bits per heavy atom. The van der Waals surface area contributed by atoms with Crippen LogP contribution in [0.15, 0.2) is 18.2 Å². The summed E-state index contributed by atoms with van der Waals surface area (Å²) in [5.41, 5.74) is 3.79. The summed E-state index contributed by atoms with van der Waals surface area (Å²) in [6.07, 6.45) is 1.04. The first-order valence-corrected chi connectivity index (χ1v) is 7.66. The highest BCUT2D eigenvalue weighted by atomic mass is 16.4. The van der Waals surface area contributed by atoms with E-state index in [1.807, 2.05) is 0 Å². The average molecular weight is 290 g/mol. The zero-order chi connectivity index (χ0) is 15.4. The number of likely N-dealkylation sites (N-methyl/N-ethyl adjacent to an activating group) is 1. The molecule has 0 amide bonds. The highest BCUT2D eigenvalue weighted by molar-refractivity contribution is 5.67. The molecule has 1 atom stereocenters. The maximum absolute atomic E-state index is 11.2. The van der Waals surface area contributed by atoms with E-state index < -0.39 is 5.97 Å². The first-order valence-electron chi connectivity index (χ1n) is 7.66. The van der Waals surface area contributed by atoms with Gasteiger partial charge < -0.3 is 10.0 Å². The van der Waals surface area contributed by atoms with Gasteiger partial charge in [-0.15, -0.1) is 0 Å². The average Bonchev–Trinajstić information content (AvgIpc) is 2.41. The van der Waals surface area contributed by atoms with Gasteiger partial charge in [0, 0.05) is 32.2 Å². The number of aryl methyl sites for hydroxylation is 2. The molecule has 0 aliphatic carbocycles. The van der Waals surface area contributed by atoms with Gasteiger partial charge in [-0.2, -0.15) is 0 Å². The standard InChI is InChI=1S/C17H26N2O2/c1-13-4-5-15(14(2)10-13)11-16(12-17(20)21)19-8-6-18(3)7-9-19/h4-5,10,16H,6-9,11-12H2,1-3H3,(H,20,21). The molecule has 1 N–H and O–H groups in total. The minimum absolute atomic E-state index is 0.0950. The van der Waals surface area contributed by atoms with E-state index in [-0.39, 0.29) is 12.5 Å². The first-order chi connectivity index (χ1) is 9.95. The summed E-state index contributed by atoms with van der Waals surface area (Å²) in [6.45, 7) is 8.15. The van der Waals surface area contributed by atoms with Crippen molar-refractivity contribution in [3.8, 4) is 0 Å². The Kier molecular flexibility index (Phi) is 5.37. The van der Waals surface area contributed by atoms with Crippen LogP contribution in [0.5, 0.6) is 0 Å². The van der Waals surface area contributed by atoms with Crippen LogP contribution < -0.4 is 0 Å². The highest BCUT2D eigenvalue weighted by Gasteiger charge is 2.25. The van der Waals surface area contributed by atoms with E-state index in [9.17, 15) is 9.90 Å². The maximum Gasteiger partial charge on any atom is 0.304 e. The Hall–Kier alpha value is -1.39. The molecule has 4 nitrogen and oxygen atoms in total. The number of benzene rings is 1. The number of rotatable bonds is 5. The van der Waals surface area contributed by atoms with Gasteiger partial charge in [-0.25, -0.2) is 0 Å². The van der Waals surface area contributed by atoms with Crippen molar-refractivity contribution < 1.29 is 9.90 Å². The van der Waals surface area contributed by atoms with E-state index >= 15 is 0 Å². The quantitative estimate of drug-likeness (QED) is 0.900. The summed E-state index contributed by atoms with van der Waals surface area (Å²) in [7, 11) is 2.12. The van der Waals surface area contributed by atoms with Crippen molar-refractivity contribution in [3.05, 3.63) is 34.9 Å². The summed E-state index contributed by atoms with van der Waals surface area (Å²) >= 11 is 0. The third-order valence-electron chi connectivity index (χ3n) is 4.42. The zero-order valence-electron chi connectivity index (χ0n) is 13.3. The highest BCUT2D eigenvalue weighted by Crippen LogP contribution is 2.18. The van der Waals surface area contributed by atoms with E-state index in [0.717, 1.165) is 32.6 Å². The van der Waals surface area contributed by atoms with E-state index in [1.165, 1.54) is 16.7 Å². The monoisotopic (exact) mass is 290 g/mol. The number of nitrogens with zero attached hydrogens (tertiary/aromatic N) is 2. The lowest BCUT2D eigenvalue weighted by Gasteiger charge is -2.37. The molecule has 1 heterocycles. The summed E-state index contributed by atoms with van der Waals surface area (Å²) in [5, 5.41) is 9.22. The number of hydrogen-bond acceptors (Lipinski definition) is 3. The van der Waals surface area contributed by atoms with Gasteiger partial charge in [-0.3, -0.25) is 9.69 Å². The fraction of sp³-hybridized carbons (Fsp3) is 0.588. The second-order valence-electron chi connectivity index (χ2n) is 6.22. The minimum atomic E-state index is -0.705. The summed E-state index contributed by atoms with van der Waals surface area (Å²) < 4.78 is 0. The van der Waals surface area contributed by atoms with Crippen molar-refractivity contribution >= 4 is 5.97 Å². The first kappa shape index (κ1) is 16.0. The molecule has 1 unspecified atom stereocenters. The van der Waals surface area contributed by atoms with Crippen LogP contribution in [0, 0.1) is 13.8 Å². The van der Waals surface area contributed by atoms with Crippen molar-refractivity contribution in [2.75, 3.05) is 33.2 Å². The predicted octanol–water partition coefficient (Wildman–Crippen LogP) is 1.94. The Bertz CT molecular complexity index is 494. The molecule has 21 heavy (non-hydrogen) atoms. The van der Waals surface area contributed by atoms with Gasteiger partial charge >= 0.3 is 5.97 Å². The number of carbonyl (C=O) groups is 1.